The number of benzene rings is 1. The van der Waals surface area contributed by atoms with Crippen LogP contribution >= 0.6 is 0 Å². The summed E-state index contributed by atoms with van der Waals surface area (Å²) in [6.45, 7) is 5.70. The summed E-state index contributed by atoms with van der Waals surface area (Å²) in [7, 11) is 3.31. The Morgan fingerprint density at radius 2 is 2.00 bits per heavy atom. The lowest BCUT2D eigenvalue weighted by molar-refractivity contribution is 0.414. The Morgan fingerprint density at radius 1 is 1.21 bits per heavy atom. The van der Waals surface area contributed by atoms with Crippen molar-refractivity contribution in [2.75, 3.05) is 14.2 Å². The van der Waals surface area contributed by atoms with Crippen LogP contribution in [0.4, 0.5) is 0 Å². The minimum absolute atomic E-state index is 0.782. The van der Waals surface area contributed by atoms with E-state index in [0.717, 1.165) is 33.7 Å². The predicted octanol–water partition coefficient (Wildman–Crippen LogP) is 3.84. The van der Waals surface area contributed by atoms with Crippen LogP contribution in [-0.2, 0) is 0 Å². The summed E-state index contributed by atoms with van der Waals surface area (Å²) in [5.41, 5.74) is 2.76. The first-order valence-electron chi connectivity index (χ1n) is 6.02. The molecular weight excluding hydrogens is 238 g/mol. The van der Waals surface area contributed by atoms with Gasteiger partial charge in [-0.1, -0.05) is 18.7 Å². The summed E-state index contributed by atoms with van der Waals surface area (Å²) in [4.78, 5) is 4.63. The summed E-state index contributed by atoms with van der Waals surface area (Å²) in [6, 6.07) is 7.70. The Labute approximate surface area is 113 Å². The highest BCUT2D eigenvalue weighted by molar-refractivity contribution is 5.88. The van der Waals surface area contributed by atoms with Gasteiger partial charge in [0, 0.05) is 17.5 Å². The lowest BCUT2D eigenvalue weighted by Gasteiger charge is -2.10. The van der Waals surface area contributed by atoms with Crippen molar-refractivity contribution in [3.63, 3.8) is 0 Å². The lowest BCUT2D eigenvalue weighted by atomic mass is 10.1. The molecule has 0 spiro atoms. The maximum Gasteiger partial charge on any atom is 0.130 e. The van der Waals surface area contributed by atoms with Crippen LogP contribution in [0.2, 0.25) is 0 Å². The molecule has 0 aliphatic rings. The first-order chi connectivity index (χ1) is 9.19. The van der Waals surface area contributed by atoms with Crippen molar-refractivity contribution in [2.24, 2.45) is 0 Å². The summed E-state index contributed by atoms with van der Waals surface area (Å²) < 4.78 is 10.7. The van der Waals surface area contributed by atoms with Crippen LogP contribution < -0.4 is 9.47 Å². The van der Waals surface area contributed by atoms with E-state index in [1.807, 2.05) is 37.3 Å². The molecule has 98 valence electrons. The molecular formula is C16H17NO2. The summed E-state index contributed by atoms with van der Waals surface area (Å²) in [5.74, 6) is 1.59. The molecule has 0 bridgehead atoms. The number of allylic oxidation sites excluding steroid dienone is 3. The molecule has 0 radical (unpaired) electrons. The molecule has 0 saturated carbocycles. The minimum atomic E-state index is 0.782. The Kier molecular flexibility index (Phi) is 3.85. The Balaban J connectivity index is 2.69. The van der Waals surface area contributed by atoms with Gasteiger partial charge in [0.1, 0.15) is 11.5 Å². The zero-order valence-electron chi connectivity index (χ0n) is 11.4. The average molecular weight is 255 g/mol. The lowest BCUT2D eigenvalue weighted by Crippen LogP contribution is -1.93. The van der Waals surface area contributed by atoms with Crippen molar-refractivity contribution in [2.45, 2.75) is 6.92 Å². The molecule has 0 aliphatic heterocycles. The van der Waals surface area contributed by atoms with Gasteiger partial charge in [-0.25, -0.2) is 4.98 Å². The van der Waals surface area contributed by atoms with E-state index >= 15 is 0 Å². The van der Waals surface area contributed by atoms with Gasteiger partial charge >= 0.3 is 0 Å². The summed E-state index contributed by atoms with van der Waals surface area (Å²) in [5, 5.41) is 0.971. The molecule has 0 aliphatic carbocycles. The van der Waals surface area contributed by atoms with E-state index in [2.05, 4.69) is 11.6 Å². The van der Waals surface area contributed by atoms with Gasteiger partial charge in [-0.2, -0.15) is 0 Å². The van der Waals surface area contributed by atoms with E-state index in [9.17, 15) is 0 Å². The highest BCUT2D eigenvalue weighted by Crippen LogP contribution is 2.30. The molecule has 3 heteroatoms. The van der Waals surface area contributed by atoms with Crippen molar-refractivity contribution in [1.29, 1.82) is 0 Å². The standard InChI is InChI=1S/C16H17NO2/c1-5-6-11(2)14-10-16(19-4)13-8-7-12(18-3)9-15(13)17-14/h5-10H,1H2,2-4H3/b11-6+. The number of fused-ring (bicyclic) bond motifs is 1. The molecule has 0 fully saturated rings. The average Bonchev–Trinajstić information content (AvgIpc) is 2.45. The van der Waals surface area contributed by atoms with Crippen LogP contribution in [0, 0.1) is 0 Å². The SMILES string of the molecule is C=C/C=C(\C)c1cc(OC)c2ccc(OC)cc2n1. The number of nitrogens with zero attached hydrogens (tertiary/aromatic N) is 1. The zero-order valence-corrected chi connectivity index (χ0v) is 11.4. The van der Waals surface area contributed by atoms with Gasteiger partial charge in [-0.3, -0.25) is 0 Å². The minimum Gasteiger partial charge on any atom is -0.497 e. The van der Waals surface area contributed by atoms with Gasteiger partial charge in [-0.05, 0) is 24.6 Å². The topological polar surface area (TPSA) is 31.4 Å². The van der Waals surface area contributed by atoms with E-state index in [-0.39, 0.29) is 0 Å². The monoisotopic (exact) mass is 255 g/mol. The maximum atomic E-state index is 5.44. The third kappa shape index (κ3) is 2.60. The Morgan fingerprint density at radius 3 is 2.63 bits per heavy atom. The fourth-order valence-corrected chi connectivity index (χ4v) is 1.94. The van der Waals surface area contributed by atoms with Crippen LogP contribution in [0.15, 0.2) is 43.0 Å². The van der Waals surface area contributed by atoms with Gasteiger partial charge in [-0.15, -0.1) is 0 Å². The van der Waals surface area contributed by atoms with Crippen LogP contribution in [0.25, 0.3) is 16.5 Å². The van der Waals surface area contributed by atoms with Crippen molar-refractivity contribution in [1.82, 2.24) is 4.98 Å². The smallest absolute Gasteiger partial charge is 0.130 e. The second kappa shape index (κ2) is 5.57. The van der Waals surface area contributed by atoms with E-state index in [1.165, 1.54) is 0 Å². The van der Waals surface area contributed by atoms with Gasteiger partial charge in [0.2, 0.25) is 0 Å². The third-order valence-electron chi connectivity index (χ3n) is 2.97. The molecule has 2 aromatic rings. The van der Waals surface area contributed by atoms with Gasteiger partial charge in [0.25, 0.3) is 0 Å². The van der Waals surface area contributed by atoms with Crippen LogP contribution in [0.5, 0.6) is 11.5 Å². The van der Waals surface area contributed by atoms with E-state index < -0.39 is 0 Å². The number of ether oxygens (including phenoxy) is 2. The molecule has 1 aromatic heterocycles. The molecule has 2 rings (SSSR count). The first kappa shape index (κ1) is 13.1. The number of hydrogen-bond donors (Lipinski definition) is 0. The second-order valence-corrected chi connectivity index (χ2v) is 4.18. The molecule has 19 heavy (non-hydrogen) atoms. The zero-order chi connectivity index (χ0) is 13.8. The molecule has 3 nitrogen and oxygen atoms in total. The molecule has 0 atom stereocenters. The largest absolute Gasteiger partial charge is 0.497 e. The first-order valence-corrected chi connectivity index (χ1v) is 6.02. The van der Waals surface area contributed by atoms with Gasteiger partial charge < -0.3 is 9.47 Å². The van der Waals surface area contributed by atoms with Gasteiger partial charge in [0.15, 0.2) is 0 Å². The summed E-state index contributed by atoms with van der Waals surface area (Å²) in [6.07, 6.45) is 3.67. The molecule has 0 saturated heterocycles. The van der Waals surface area contributed by atoms with E-state index in [0.29, 0.717) is 0 Å². The Bertz CT molecular complexity index is 644. The molecule has 1 heterocycles. The van der Waals surface area contributed by atoms with E-state index in [4.69, 9.17) is 9.47 Å². The third-order valence-corrected chi connectivity index (χ3v) is 2.97. The van der Waals surface area contributed by atoms with Crippen LogP contribution in [0.3, 0.4) is 0 Å². The van der Waals surface area contributed by atoms with Crippen LogP contribution in [-0.4, -0.2) is 19.2 Å². The number of aromatic nitrogens is 1. The quantitative estimate of drug-likeness (QED) is 0.778. The van der Waals surface area contributed by atoms with Crippen molar-refractivity contribution in [3.05, 3.63) is 48.7 Å². The van der Waals surface area contributed by atoms with Crippen molar-refractivity contribution in [3.8, 4) is 11.5 Å². The number of methoxy groups -OCH3 is 2. The maximum absolute atomic E-state index is 5.44. The fraction of sp³-hybridized carbons (Fsp3) is 0.188. The van der Waals surface area contributed by atoms with Crippen molar-refractivity contribution >= 4 is 16.5 Å². The van der Waals surface area contributed by atoms with E-state index in [1.54, 1.807) is 20.3 Å². The number of rotatable bonds is 4. The molecule has 0 N–H and O–H groups in total. The predicted molar refractivity (Wildman–Crippen MR) is 78.7 cm³/mol. The normalized spacial score (nSPS) is 11.4. The highest BCUT2D eigenvalue weighted by atomic mass is 16.5. The molecule has 0 unspecified atom stereocenters. The highest BCUT2D eigenvalue weighted by Gasteiger charge is 2.08. The second-order valence-electron chi connectivity index (χ2n) is 4.18. The molecule has 1 aromatic carbocycles. The number of pyridine rings is 1. The molecule has 0 amide bonds. The summed E-state index contributed by atoms with van der Waals surface area (Å²) >= 11 is 0. The van der Waals surface area contributed by atoms with Gasteiger partial charge in [0.05, 0.1) is 25.4 Å². The van der Waals surface area contributed by atoms with Crippen molar-refractivity contribution < 1.29 is 9.47 Å². The Hall–Kier alpha value is -2.29. The number of hydrogen-bond acceptors (Lipinski definition) is 3. The fourth-order valence-electron chi connectivity index (χ4n) is 1.94. The van der Waals surface area contributed by atoms with Crippen LogP contribution in [0.1, 0.15) is 12.6 Å².